The Morgan fingerprint density at radius 3 is 2.42 bits per heavy atom. The van der Waals surface area contributed by atoms with Crippen molar-refractivity contribution in [3.63, 3.8) is 0 Å². The summed E-state index contributed by atoms with van der Waals surface area (Å²) in [7, 11) is 0. The van der Waals surface area contributed by atoms with Gasteiger partial charge in [0.05, 0.1) is 36.3 Å². The highest BCUT2D eigenvalue weighted by Crippen LogP contribution is 2.34. The number of aromatic nitrogens is 1. The fourth-order valence-corrected chi connectivity index (χ4v) is 4.33. The van der Waals surface area contributed by atoms with Crippen molar-refractivity contribution in [2.24, 2.45) is 0 Å². The molecular formula is C27H33N5O4. The molecule has 0 atom stereocenters. The molecule has 1 aromatic heterocycles. The molecule has 3 amide bonds. The zero-order chi connectivity index (χ0) is 24.9. The topological polar surface area (TPSA) is 104 Å². The van der Waals surface area contributed by atoms with E-state index in [0.717, 1.165) is 50.6 Å². The monoisotopic (exact) mass is 491 g/mol. The van der Waals surface area contributed by atoms with E-state index in [4.69, 9.17) is 4.74 Å². The summed E-state index contributed by atoms with van der Waals surface area (Å²) in [5.74, 6) is 0.221. The number of hydrogen-bond donors (Lipinski definition) is 2. The minimum atomic E-state index is -0.237. The maximum absolute atomic E-state index is 13.5. The minimum absolute atomic E-state index is 0.0202. The standard InChI is InChI=1S/C27H33N5O4/c33-25(29-20-8-9-20)17-31-12-4-1-5-13-36-24-7-3-2-6-23(24)32(18-26(34)30-21-10-11-21)22-14-19(27(31)35)15-28-16-22/h2-3,6-7,14-16,20-21H,1,4-5,8-13,17-18H2,(H,29,33)(H,30,34). The lowest BCUT2D eigenvalue weighted by Crippen LogP contribution is -2.42. The van der Waals surface area contributed by atoms with E-state index >= 15 is 0 Å². The number of amides is 3. The highest BCUT2D eigenvalue weighted by molar-refractivity contribution is 5.97. The molecule has 2 saturated carbocycles. The minimum Gasteiger partial charge on any atom is -0.491 e. The van der Waals surface area contributed by atoms with Gasteiger partial charge in [0, 0.05) is 24.8 Å². The number of benzene rings is 1. The summed E-state index contributed by atoms with van der Waals surface area (Å²) in [5.41, 5.74) is 1.74. The van der Waals surface area contributed by atoms with E-state index in [1.54, 1.807) is 17.2 Å². The van der Waals surface area contributed by atoms with E-state index in [0.29, 0.717) is 30.2 Å². The summed E-state index contributed by atoms with van der Waals surface area (Å²) in [6, 6.07) is 9.85. The van der Waals surface area contributed by atoms with E-state index < -0.39 is 0 Å². The summed E-state index contributed by atoms with van der Waals surface area (Å²) >= 11 is 0. The van der Waals surface area contributed by atoms with Crippen molar-refractivity contribution in [2.45, 2.75) is 57.0 Å². The van der Waals surface area contributed by atoms with Gasteiger partial charge in [-0.2, -0.15) is 0 Å². The van der Waals surface area contributed by atoms with Gasteiger partial charge in [0.1, 0.15) is 12.3 Å². The molecule has 2 heterocycles. The molecule has 2 aromatic rings. The van der Waals surface area contributed by atoms with Crippen molar-refractivity contribution in [1.82, 2.24) is 20.5 Å². The van der Waals surface area contributed by atoms with Gasteiger partial charge in [-0.3, -0.25) is 19.4 Å². The second kappa shape index (κ2) is 11.0. The Kier molecular flexibility index (Phi) is 7.34. The number of pyridine rings is 1. The average molecular weight is 492 g/mol. The van der Waals surface area contributed by atoms with Crippen LogP contribution in [-0.2, 0) is 9.59 Å². The third kappa shape index (κ3) is 6.33. The number of fused-ring (bicyclic) bond motifs is 3. The maximum atomic E-state index is 13.5. The first-order valence-electron chi connectivity index (χ1n) is 12.9. The number of rotatable bonds is 6. The Hall–Kier alpha value is -3.62. The highest BCUT2D eigenvalue weighted by Gasteiger charge is 2.28. The number of ether oxygens (including phenoxy) is 1. The van der Waals surface area contributed by atoms with Crippen molar-refractivity contribution in [2.75, 3.05) is 31.1 Å². The molecule has 2 N–H and O–H groups in total. The van der Waals surface area contributed by atoms with Crippen molar-refractivity contribution in [1.29, 1.82) is 0 Å². The Labute approximate surface area is 211 Å². The second-order valence-electron chi connectivity index (χ2n) is 9.81. The number of nitrogens with one attached hydrogen (secondary N) is 2. The number of nitrogens with zero attached hydrogens (tertiary/aromatic N) is 3. The summed E-state index contributed by atoms with van der Waals surface area (Å²) in [5, 5.41) is 6.01. The normalized spacial score (nSPS) is 18.5. The van der Waals surface area contributed by atoms with E-state index in [1.807, 2.05) is 29.2 Å². The van der Waals surface area contributed by atoms with E-state index in [-0.39, 0.29) is 42.9 Å². The lowest BCUT2D eigenvalue weighted by molar-refractivity contribution is -0.122. The molecule has 5 rings (SSSR count). The van der Waals surface area contributed by atoms with Crippen LogP contribution in [0.5, 0.6) is 5.75 Å². The Morgan fingerprint density at radius 1 is 0.944 bits per heavy atom. The van der Waals surface area contributed by atoms with Crippen LogP contribution >= 0.6 is 0 Å². The second-order valence-corrected chi connectivity index (χ2v) is 9.81. The van der Waals surface area contributed by atoms with Gasteiger partial charge in [0.25, 0.3) is 5.91 Å². The van der Waals surface area contributed by atoms with Gasteiger partial charge >= 0.3 is 0 Å². The quantitative estimate of drug-likeness (QED) is 0.644. The fraction of sp³-hybridized carbons (Fsp3) is 0.481. The molecule has 2 bridgehead atoms. The third-order valence-corrected chi connectivity index (χ3v) is 6.58. The van der Waals surface area contributed by atoms with Crippen LogP contribution in [0.25, 0.3) is 0 Å². The molecule has 2 fully saturated rings. The Morgan fingerprint density at radius 2 is 1.67 bits per heavy atom. The van der Waals surface area contributed by atoms with E-state index in [9.17, 15) is 14.4 Å². The van der Waals surface area contributed by atoms with Crippen molar-refractivity contribution < 1.29 is 19.1 Å². The third-order valence-electron chi connectivity index (χ3n) is 6.58. The van der Waals surface area contributed by atoms with Gasteiger partial charge in [-0.15, -0.1) is 0 Å². The van der Waals surface area contributed by atoms with Crippen molar-refractivity contribution in [3.8, 4) is 5.75 Å². The lowest BCUT2D eigenvalue weighted by atomic mass is 10.1. The molecule has 9 nitrogen and oxygen atoms in total. The number of carbonyl (C=O) groups excluding carboxylic acids is 3. The smallest absolute Gasteiger partial charge is 0.255 e. The van der Waals surface area contributed by atoms with Crippen LogP contribution in [0.3, 0.4) is 0 Å². The van der Waals surface area contributed by atoms with Gasteiger partial charge in [-0.25, -0.2) is 0 Å². The summed E-state index contributed by atoms with van der Waals surface area (Å²) in [6.45, 7) is 1.09. The number of hydrogen-bond acceptors (Lipinski definition) is 6. The Balaban J connectivity index is 1.45. The summed E-state index contributed by atoms with van der Waals surface area (Å²) < 4.78 is 6.13. The van der Waals surface area contributed by atoms with Crippen molar-refractivity contribution in [3.05, 3.63) is 48.3 Å². The van der Waals surface area contributed by atoms with Crippen LogP contribution in [0.1, 0.15) is 55.3 Å². The fourth-order valence-electron chi connectivity index (χ4n) is 4.33. The number of carbonyl (C=O) groups is 3. The Bertz CT molecular complexity index is 1110. The summed E-state index contributed by atoms with van der Waals surface area (Å²) in [6.07, 6.45) is 9.62. The van der Waals surface area contributed by atoms with Crippen LogP contribution in [-0.4, -0.2) is 65.9 Å². The van der Waals surface area contributed by atoms with Crippen LogP contribution in [0, 0.1) is 0 Å². The molecule has 0 spiro atoms. The molecular weight excluding hydrogens is 458 g/mol. The molecule has 9 heteroatoms. The average Bonchev–Trinajstić information content (AvgIpc) is 3.81. The predicted molar refractivity (Wildman–Crippen MR) is 135 cm³/mol. The SMILES string of the molecule is O=C(CN1CCCCCOc2ccccc2N(CC(=O)NC2CC2)c2cncc(c2)C1=O)NC1CC1. The molecule has 0 radical (unpaired) electrons. The molecule has 1 aliphatic heterocycles. The maximum Gasteiger partial charge on any atom is 0.255 e. The first-order chi connectivity index (χ1) is 17.6. The van der Waals surface area contributed by atoms with Crippen LogP contribution in [0.4, 0.5) is 11.4 Å². The van der Waals surface area contributed by atoms with Crippen LogP contribution in [0.15, 0.2) is 42.7 Å². The molecule has 190 valence electrons. The predicted octanol–water partition coefficient (Wildman–Crippen LogP) is 2.78. The molecule has 0 unspecified atom stereocenters. The van der Waals surface area contributed by atoms with Gasteiger partial charge in [0.2, 0.25) is 11.8 Å². The highest BCUT2D eigenvalue weighted by atomic mass is 16.5. The largest absolute Gasteiger partial charge is 0.491 e. The molecule has 1 aromatic carbocycles. The van der Waals surface area contributed by atoms with Crippen molar-refractivity contribution >= 4 is 29.1 Å². The molecule has 36 heavy (non-hydrogen) atoms. The molecule has 0 saturated heterocycles. The number of anilines is 2. The summed E-state index contributed by atoms with van der Waals surface area (Å²) in [4.78, 5) is 46.7. The van der Waals surface area contributed by atoms with E-state index in [2.05, 4.69) is 15.6 Å². The zero-order valence-electron chi connectivity index (χ0n) is 20.4. The van der Waals surface area contributed by atoms with E-state index in [1.165, 1.54) is 6.20 Å². The zero-order valence-corrected chi connectivity index (χ0v) is 20.4. The first-order valence-corrected chi connectivity index (χ1v) is 12.9. The van der Waals surface area contributed by atoms with Gasteiger partial charge in [-0.1, -0.05) is 12.1 Å². The number of para-hydroxylation sites is 2. The van der Waals surface area contributed by atoms with Gasteiger partial charge in [-0.05, 0) is 63.1 Å². The van der Waals surface area contributed by atoms with Gasteiger partial charge in [0.15, 0.2) is 0 Å². The first kappa shape index (κ1) is 24.1. The van der Waals surface area contributed by atoms with Crippen LogP contribution in [0.2, 0.25) is 0 Å². The lowest BCUT2D eigenvalue weighted by Gasteiger charge is -2.28. The van der Waals surface area contributed by atoms with Crippen LogP contribution < -0.4 is 20.3 Å². The molecule has 3 aliphatic rings. The molecule has 2 aliphatic carbocycles. The van der Waals surface area contributed by atoms with Gasteiger partial charge < -0.3 is 25.2 Å².